The number of rotatable bonds is 6. The van der Waals surface area contributed by atoms with Gasteiger partial charge in [0.1, 0.15) is 28.5 Å². The molecule has 3 N–H and O–H groups in total. The number of methoxy groups -OCH3 is 1. The first-order valence-electron chi connectivity index (χ1n) is 8.06. The number of ether oxygens (including phenoxy) is 1. The van der Waals surface area contributed by atoms with Gasteiger partial charge in [-0.2, -0.15) is 0 Å². The molecule has 0 bridgehead atoms. The number of nitro benzene ring substituents is 1. The van der Waals surface area contributed by atoms with Gasteiger partial charge in [0.05, 0.1) is 17.7 Å². The lowest BCUT2D eigenvalue weighted by Crippen LogP contribution is -2.17. The minimum absolute atomic E-state index is 0.0112. The van der Waals surface area contributed by atoms with Gasteiger partial charge in [0.2, 0.25) is 0 Å². The summed E-state index contributed by atoms with van der Waals surface area (Å²) < 4.78 is 5.23. The van der Waals surface area contributed by atoms with Gasteiger partial charge in [0.15, 0.2) is 0 Å². The van der Waals surface area contributed by atoms with E-state index in [1.54, 1.807) is 30.3 Å². The van der Waals surface area contributed by atoms with Crippen LogP contribution < -0.4 is 15.8 Å². The second-order valence-electron chi connectivity index (χ2n) is 5.59. The standard InChI is InChI=1S/C18H14ClN5O4S/c1-28-14-7-2-10(19)8-13(14)23-17(25)15-16(20)21-9-22-18(15)29-12-5-3-11(4-6-12)24(26)27/h2-9H,1H3,(H,23,25)(H2,20,21,22). The van der Waals surface area contributed by atoms with Gasteiger partial charge in [0, 0.05) is 22.1 Å². The molecule has 0 fully saturated rings. The van der Waals surface area contributed by atoms with E-state index in [4.69, 9.17) is 22.1 Å². The smallest absolute Gasteiger partial charge is 0.269 e. The molecule has 0 unspecified atom stereocenters. The second kappa shape index (κ2) is 8.76. The third-order valence-electron chi connectivity index (χ3n) is 3.74. The Bertz CT molecular complexity index is 1080. The van der Waals surface area contributed by atoms with Crippen LogP contribution in [0, 0.1) is 10.1 Å². The zero-order valence-corrected chi connectivity index (χ0v) is 16.5. The van der Waals surface area contributed by atoms with Gasteiger partial charge in [-0.05, 0) is 30.3 Å². The Morgan fingerprint density at radius 2 is 1.97 bits per heavy atom. The van der Waals surface area contributed by atoms with Crippen LogP contribution in [0.15, 0.2) is 58.7 Å². The van der Waals surface area contributed by atoms with E-state index >= 15 is 0 Å². The van der Waals surface area contributed by atoms with Crippen molar-refractivity contribution in [1.82, 2.24) is 9.97 Å². The van der Waals surface area contributed by atoms with Crippen LogP contribution in [0.4, 0.5) is 17.2 Å². The Kier molecular flexibility index (Phi) is 6.15. The number of anilines is 2. The summed E-state index contributed by atoms with van der Waals surface area (Å²) in [5, 5.41) is 14.2. The zero-order valence-electron chi connectivity index (χ0n) is 15.0. The lowest BCUT2D eigenvalue weighted by atomic mass is 10.2. The summed E-state index contributed by atoms with van der Waals surface area (Å²) in [5.41, 5.74) is 6.31. The van der Waals surface area contributed by atoms with E-state index in [1.807, 2.05) is 0 Å². The first-order valence-corrected chi connectivity index (χ1v) is 9.26. The van der Waals surface area contributed by atoms with E-state index in [0.717, 1.165) is 11.8 Å². The van der Waals surface area contributed by atoms with Crippen LogP contribution in [-0.4, -0.2) is 27.9 Å². The molecular formula is C18H14ClN5O4S. The number of nitro groups is 1. The molecule has 3 aromatic rings. The highest BCUT2D eigenvalue weighted by molar-refractivity contribution is 7.99. The van der Waals surface area contributed by atoms with Crippen molar-refractivity contribution in [2.75, 3.05) is 18.2 Å². The van der Waals surface area contributed by atoms with Gasteiger partial charge < -0.3 is 15.8 Å². The van der Waals surface area contributed by atoms with Crippen molar-refractivity contribution in [3.63, 3.8) is 0 Å². The number of nitrogens with zero attached hydrogens (tertiary/aromatic N) is 3. The molecule has 0 radical (unpaired) electrons. The molecule has 0 spiro atoms. The van der Waals surface area contributed by atoms with E-state index in [1.165, 1.54) is 25.6 Å². The molecule has 1 aromatic heterocycles. The molecule has 0 saturated heterocycles. The Balaban J connectivity index is 1.91. The number of benzene rings is 2. The molecule has 148 valence electrons. The van der Waals surface area contributed by atoms with Gasteiger partial charge >= 0.3 is 0 Å². The molecule has 0 aliphatic rings. The van der Waals surface area contributed by atoms with Crippen LogP contribution in [0.1, 0.15) is 10.4 Å². The molecule has 0 aliphatic carbocycles. The molecule has 0 atom stereocenters. The average Bonchev–Trinajstić information content (AvgIpc) is 2.68. The van der Waals surface area contributed by atoms with Crippen LogP contribution in [0.2, 0.25) is 5.02 Å². The van der Waals surface area contributed by atoms with Gasteiger partial charge in [-0.15, -0.1) is 0 Å². The number of halogens is 1. The fourth-order valence-corrected chi connectivity index (χ4v) is 3.45. The monoisotopic (exact) mass is 431 g/mol. The molecule has 11 heteroatoms. The topological polar surface area (TPSA) is 133 Å². The molecule has 3 rings (SSSR count). The van der Waals surface area contributed by atoms with Crippen LogP contribution >= 0.6 is 23.4 Å². The van der Waals surface area contributed by atoms with Gasteiger partial charge in [-0.1, -0.05) is 23.4 Å². The molecule has 29 heavy (non-hydrogen) atoms. The summed E-state index contributed by atoms with van der Waals surface area (Å²) in [5.74, 6) is -0.140. The van der Waals surface area contributed by atoms with E-state index < -0.39 is 10.8 Å². The molecule has 1 heterocycles. The van der Waals surface area contributed by atoms with Crippen LogP contribution in [-0.2, 0) is 0 Å². The number of amides is 1. The van der Waals surface area contributed by atoms with Crippen molar-refractivity contribution in [3.05, 3.63) is 69.5 Å². The largest absolute Gasteiger partial charge is 0.495 e. The normalized spacial score (nSPS) is 10.4. The molecule has 9 nitrogen and oxygen atoms in total. The quantitative estimate of drug-likeness (QED) is 0.339. The highest BCUT2D eigenvalue weighted by Crippen LogP contribution is 2.33. The minimum atomic E-state index is -0.548. The lowest BCUT2D eigenvalue weighted by molar-refractivity contribution is -0.384. The van der Waals surface area contributed by atoms with E-state index in [2.05, 4.69) is 15.3 Å². The highest BCUT2D eigenvalue weighted by Gasteiger charge is 2.20. The van der Waals surface area contributed by atoms with Crippen molar-refractivity contribution in [1.29, 1.82) is 0 Å². The van der Waals surface area contributed by atoms with Crippen LogP contribution in [0.5, 0.6) is 5.75 Å². The number of carbonyl (C=O) groups excluding carboxylic acids is 1. The maximum atomic E-state index is 12.9. The fourth-order valence-electron chi connectivity index (χ4n) is 2.38. The molecule has 2 aromatic carbocycles. The summed E-state index contributed by atoms with van der Waals surface area (Å²) in [6, 6.07) is 10.6. The molecular weight excluding hydrogens is 418 g/mol. The Labute approximate surface area is 174 Å². The van der Waals surface area contributed by atoms with Crippen molar-refractivity contribution in [2.45, 2.75) is 9.92 Å². The number of nitrogen functional groups attached to an aromatic ring is 1. The first-order chi connectivity index (χ1) is 13.9. The predicted molar refractivity (Wildman–Crippen MR) is 110 cm³/mol. The Morgan fingerprint density at radius 3 is 2.62 bits per heavy atom. The van der Waals surface area contributed by atoms with Crippen LogP contribution in [0.3, 0.4) is 0 Å². The van der Waals surface area contributed by atoms with Gasteiger partial charge in [-0.25, -0.2) is 9.97 Å². The van der Waals surface area contributed by atoms with Crippen molar-refractivity contribution >= 4 is 46.5 Å². The van der Waals surface area contributed by atoms with E-state index in [-0.39, 0.29) is 17.1 Å². The number of nitrogens with one attached hydrogen (secondary N) is 1. The van der Waals surface area contributed by atoms with Crippen molar-refractivity contribution in [3.8, 4) is 5.75 Å². The SMILES string of the molecule is COc1ccc(Cl)cc1NC(=O)c1c(N)ncnc1Sc1ccc([N+](=O)[O-])cc1. The van der Waals surface area contributed by atoms with Gasteiger partial charge in [-0.3, -0.25) is 14.9 Å². The Hall–Kier alpha value is -3.37. The second-order valence-corrected chi connectivity index (χ2v) is 7.09. The molecule has 0 saturated carbocycles. The van der Waals surface area contributed by atoms with Crippen molar-refractivity contribution in [2.24, 2.45) is 0 Å². The van der Waals surface area contributed by atoms with Gasteiger partial charge in [0.25, 0.3) is 11.6 Å². The summed E-state index contributed by atoms with van der Waals surface area (Å²) in [6.45, 7) is 0. The average molecular weight is 432 g/mol. The predicted octanol–water partition coefficient (Wildman–Crippen LogP) is 4.03. The van der Waals surface area contributed by atoms with Crippen LogP contribution in [0.25, 0.3) is 0 Å². The fraction of sp³-hybridized carbons (Fsp3) is 0.0556. The third-order valence-corrected chi connectivity index (χ3v) is 4.99. The number of non-ortho nitro benzene ring substituents is 1. The highest BCUT2D eigenvalue weighted by atomic mass is 35.5. The number of hydrogen-bond acceptors (Lipinski definition) is 8. The summed E-state index contributed by atoms with van der Waals surface area (Å²) >= 11 is 7.13. The lowest BCUT2D eigenvalue weighted by Gasteiger charge is -2.13. The van der Waals surface area contributed by atoms with E-state index in [9.17, 15) is 14.9 Å². The minimum Gasteiger partial charge on any atom is -0.495 e. The Morgan fingerprint density at radius 1 is 1.24 bits per heavy atom. The third kappa shape index (κ3) is 4.73. The zero-order chi connectivity index (χ0) is 21.0. The molecule has 1 amide bonds. The number of nitrogens with two attached hydrogens (primary N) is 1. The summed E-state index contributed by atoms with van der Waals surface area (Å²) in [6.07, 6.45) is 1.24. The molecule has 0 aliphatic heterocycles. The summed E-state index contributed by atoms with van der Waals surface area (Å²) in [7, 11) is 1.47. The number of carbonyl (C=O) groups is 1. The number of aromatic nitrogens is 2. The maximum Gasteiger partial charge on any atom is 0.269 e. The maximum absolute atomic E-state index is 12.9. The first kappa shape index (κ1) is 20.4. The number of hydrogen-bond donors (Lipinski definition) is 2. The summed E-state index contributed by atoms with van der Waals surface area (Å²) in [4.78, 5) is 31.9. The van der Waals surface area contributed by atoms with E-state index in [0.29, 0.717) is 26.4 Å². The van der Waals surface area contributed by atoms with Crippen molar-refractivity contribution < 1.29 is 14.5 Å².